The first-order valence-electron chi connectivity index (χ1n) is 14.8. The number of likely N-dealkylation sites (tertiary alicyclic amines) is 1. The summed E-state index contributed by atoms with van der Waals surface area (Å²) in [5, 5.41) is 13.6. The van der Waals surface area contributed by atoms with Crippen LogP contribution in [-0.2, 0) is 9.59 Å². The largest absolute Gasteiger partial charge is 0.352 e. The number of fused-ring (bicyclic) bond motifs is 3. The van der Waals surface area contributed by atoms with E-state index in [1.54, 1.807) is 29.8 Å². The van der Waals surface area contributed by atoms with Crippen LogP contribution < -0.4 is 5.32 Å². The Balaban J connectivity index is 1.15. The summed E-state index contributed by atoms with van der Waals surface area (Å²) < 4.78 is 2.07. The van der Waals surface area contributed by atoms with Gasteiger partial charge >= 0.3 is 0 Å². The second-order valence-electron chi connectivity index (χ2n) is 11.3. The quantitative estimate of drug-likeness (QED) is 0.267. The van der Waals surface area contributed by atoms with Gasteiger partial charge in [-0.3, -0.25) is 24.1 Å². The third-order valence-corrected chi connectivity index (χ3v) is 9.81. The average Bonchev–Trinajstić information content (AvgIpc) is 3.51. The van der Waals surface area contributed by atoms with Gasteiger partial charge in [-0.05, 0) is 74.9 Å². The molecule has 9 nitrogen and oxygen atoms in total. The number of nitrogens with zero attached hydrogens (tertiary/aromatic N) is 6. The molecule has 0 saturated carbocycles. The number of piperidine rings is 1. The van der Waals surface area contributed by atoms with Crippen molar-refractivity contribution in [2.24, 2.45) is 10.9 Å². The van der Waals surface area contributed by atoms with E-state index in [2.05, 4.69) is 38.9 Å². The molecule has 4 aromatic rings. The Bertz CT molecular complexity index is 1740. The van der Waals surface area contributed by atoms with E-state index < -0.39 is 6.04 Å². The monoisotopic (exact) mass is 627 g/mol. The lowest BCUT2D eigenvalue weighted by molar-refractivity contribution is -0.133. The number of halogens is 1. The maximum Gasteiger partial charge on any atom is 0.244 e. The Morgan fingerprint density at radius 2 is 1.86 bits per heavy atom. The third-order valence-electron chi connectivity index (χ3n) is 8.37. The van der Waals surface area contributed by atoms with Crippen molar-refractivity contribution >= 4 is 46.5 Å². The molecular weight excluding hydrogens is 594 g/mol. The summed E-state index contributed by atoms with van der Waals surface area (Å²) in [7, 11) is 0. The topological polar surface area (TPSA) is 105 Å². The fraction of sp³-hybridized carbons (Fsp3) is 0.333. The van der Waals surface area contributed by atoms with E-state index >= 15 is 0 Å². The minimum Gasteiger partial charge on any atom is -0.352 e. The molecule has 11 heteroatoms. The second-order valence-corrected chi connectivity index (χ2v) is 12.9. The SMILES string of the molecule is Cc1sc2c(c1C)C(c1ccc(Cl)cc1)=N[C@@H](CC(=O)N1CCC(CNC(=O)/C=C/c3cccnc3)CC1)c1nnc(C)n1-2. The lowest BCUT2D eigenvalue weighted by Gasteiger charge is -2.32. The number of pyridine rings is 1. The van der Waals surface area contributed by atoms with Gasteiger partial charge in [-0.1, -0.05) is 29.8 Å². The third kappa shape index (κ3) is 6.23. The summed E-state index contributed by atoms with van der Waals surface area (Å²) >= 11 is 7.92. The first-order chi connectivity index (χ1) is 21.3. The lowest BCUT2D eigenvalue weighted by atomic mass is 9.96. The molecule has 6 rings (SSSR count). The zero-order valence-electron chi connectivity index (χ0n) is 25.0. The van der Waals surface area contributed by atoms with Crippen molar-refractivity contribution in [1.82, 2.24) is 30.0 Å². The maximum absolute atomic E-state index is 13.7. The summed E-state index contributed by atoms with van der Waals surface area (Å²) in [5.41, 5.74) is 4.87. The number of thiophene rings is 1. The Morgan fingerprint density at radius 1 is 1.09 bits per heavy atom. The van der Waals surface area contributed by atoms with Crippen LogP contribution in [0.2, 0.25) is 5.02 Å². The maximum atomic E-state index is 13.7. The molecule has 2 aliphatic heterocycles. The first-order valence-corrected chi connectivity index (χ1v) is 16.0. The number of benzene rings is 1. The smallest absolute Gasteiger partial charge is 0.244 e. The molecule has 1 saturated heterocycles. The van der Waals surface area contributed by atoms with Crippen LogP contribution in [0.1, 0.15) is 64.1 Å². The molecule has 3 aromatic heterocycles. The molecule has 1 fully saturated rings. The molecule has 1 N–H and O–H groups in total. The van der Waals surface area contributed by atoms with Gasteiger partial charge in [0.1, 0.15) is 16.9 Å². The number of carbonyl (C=O) groups is 2. The van der Waals surface area contributed by atoms with Crippen LogP contribution in [0.15, 0.2) is 59.9 Å². The highest BCUT2D eigenvalue weighted by atomic mass is 35.5. The van der Waals surface area contributed by atoms with Crippen LogP contribution in [0.3, 0.4) is 0 Å². The molecule has 1 aromatic carbocycles. The first kappa shape index (κ1) is 29.9. The van der Waals surface area contributed by atoms with E-state index in [1.165, 1.54) is 11.0 Å². The molecule has 1 atom stereocenters. The van der Waals surface area contributed by atoms with Crippen LogP contribution in [0.5, 0.6) is 0 Å². The number of amides is 2. The summed E-state index contributed by atoms with van der Waals surface area (Å²) in [6.45, 7) is 8.03. The summed E-state index contributed by atoms with van der Waals surface area (Å²) in [6, 6.07) is 10.9. The van der Waals surface area contributed by atoms with Crippen molar-refractivity contribution in [3.8, 4) is 5.00 Å². The number of rotatable bonds is 7. The molecule has 0 aliphatic carbocycles. The van der Waals surface area contributed by atoms with Crippen molar-refractivity contribution in [3.05, 3.63) is 98.7 Å². The highest BCUT2D eigenvalue weighted by Crippen LogP contribution is 2.40. The number of carbonyl (C=O) groups excluding carboxylic acids is 2. The van der Waals surface area contributed by atoms with Gasteiger partial charge in [0.05, 0.1) is 12.1 Å². The molecule has 44 heavy (non-hydrogen) atoms. The van der Waals surface area contributed by atoms with Gasteiger partial charge in [-0.15, -0.1) is 21.5 Å². The van der Waals surface area contributed by atoms with E-state index in [0.717, 1.165) is 51.6 Å². The molecule has 2 aliphatic rings. The molecule has 0 spiro atoms. The Morgan fingerprint density at radius 3 is 2.59 bits per heavy atom. The van der Waals surface area contributed by atoms with Crippen molar-refractivity contribution < 1.29 is 9.59 Å². The van der Waals surface area contributed by atoms with E-state index in [9.17, 15) is 9.59 Å². The average molecular weight is 628 g/mol. The number of nitrogens with one attached hydrogen (secondary N) is 1. The standard InChI is InChI=1S/C33H34ClN7O2S/c1-20-21(2)44-33-30(20)31(25-7-9-26(34)10-8-25)37-27(32-39-38-22(3)41(32)33)17-29(43)40-15-12-24(13-16-40)19-36-28(42)11-6-23-5-4-14-35-18-23/h4-11,14,18,24,27H,12-13,15-17,19H2,1-3H3,(H,36,42)/b11-6+/t27-/m0/s1. The molecule has 226 valence electrons. The molecular formula is C33H34ClN7O2S. The van der Waals surface area contributed by atoms with E-state index in [-0.39, 0.29) is 18.2 Å². The number of aromatic nitrogens is 4. The highest BCUT2D eigenvalue weighted by molar-refractivity contribution is 7.15. The minimum absolute atomic E-state index is 0.0430. The number of hydrogen-bond acceptors (Lipinski definition) is 7. The van der Waals surface area contributed by atoms with Crippen molar-refractivity contribution in [2.45, 2.75) is 46.1 Å². The van der Waals surface area contributed by atoms with Crippen LogP contribution in [0.25, 0.3) is 11.1 Å². The molecule has 0 unspecified atom stereocenters. The highest BCUT2D eigenvalue weighted by Gasteiger charge is 2.34. The van der Waals surface area contributed by atoms with Crippen LogP contribution >= 0.6 is 22.9 Å². The predicted octanol–water partition coefficient (Wildman–Crippen LogP) is 5.65. The van der Waals surface area contributed by atoms with Crippen LogP contribution in [0.4, 0.5) is 0 Å². The van der Waals surface area contributed by atoms with Crippen LogP contribution in [0, 0.1) is 26.7 Å². The van der Waals surface area contributed by atoms with Gasteiger partial charge in [0.15, 0.2) is 5.82 Å². The van der Waals surface area contributed by atoms with Crippen molar-refractivity contribution in [2.75, 3.05) is 19.6 Å². The fourth-order valence-electron chi connectivity index (χ4n) is 5.76. The lowest BCUT2D eigenvalue weighted by Crippen LogP contribution is -2.41. The zero-order valence-corrected chi connectivity index (χ0v) is 26.5. The molecule has 2 amide bonds. The second kappa shape index (κ2) is 12.8. The van der Waals surface area contributed by atoms with Gasteiger partial charge in [-0.2, -0.15) is 0 Å². The minimum atomic E-state index is -0.489. The zero-order chi connectivity index (χ0) is 30.8. The normalized spacial score (nSPS) is 16.8. The number of aryl methyl sites for hydroxylation is 2. The van der Waals surface area contributed by atoms with Crippen molar-refractivity contribution in [3.63, 3.8) is 0 Å². The predicted molar refractivity (Wildman–Crippen MR) is 173 cm³/mol. The van der Waals surface area contributed by atoms with Gasteiger partial charge in [0.25, 0.3) is 0 Å². The number of aliphatic imine (C=N–C) groups is 1. The van der Waals surface area contributed by atoms with Gasteiger partial charge in [-0.25, -0.2) is 0 Å². The van der Waals surface area contributed by atoms with Gasteiger partial charge < -0.3 is 10.2 Å². The molecule has 5 heterocycles. The van der Waals surface area contributed by atoms with E-state index in [1.807, 2.05) is 48.2 Å². The Kier molecular flexibility index (Phi) is 8.72. The summed E-state index contributed by atoms with van der Waals surface area (Å²) in [5.74, 6) is 1.68. The fourth-order valence-corrected chi connectivity index (χ4v) is 7.10. The van der Waals surface area contributed by atoms with Crippen molar-refractivity contribution in [1.29, 1.82) is 0 Å². The molecule has 0 radical (unpaired) electrons. The Hall–Kier alpha value is -4.15. The Labute approximate surface area is 265 Å². The summed E-state index contributed by atoms with van der Waals surface area (Å²) in [4.78, 5) is 38.4. The number of hydrogen-bond donors (Lipinski definition) is 1. The van der Waals surface area contributed by atoms with Gasteiger partial charge in [0, 0.05) is 59.1 Å². The molecule has 0 bridgehead atoms. The van der Waals surface area contributed by atoms with Crippen LogP contribution in [-0.4, -0.2) is 61.8 Å². The summed E-state index contributed by atoms with van der Waals surface area (Å²) in [6.07, 6.45) is 8.54. The van der Waals surface area contributed by atoms with E-state index in [0.29, 0.717) is 36.4 Å². The van der Waals surface area contributed by atoms with Gasteiger partial charge in [0.2, 0.25) is 11.8 Å². The van der Waals surface area contributed by atoms with E-state index in [4.69, 9.17) is 16.6 Å².